The number of hydrogen-bond donors (Lipinski definition) is 1. The first-order valence-corrected chi connectivity index (χ1v) is 7.02. The average molecular weight is 339 g/mol. The summed E-state index contributed by atoms with van der Waals surface area (Å²) in [6, 6.07) is 11.8. The predicted molar refractivity (Wildman–Crippen MR) is 80.4 cm³/mol. The number of halogens is 2. The Morgan fingerprint density at radius 1 is 1.20 bits per heavy atom. The van der Waals surface area contributed by atoms with Crippen molar-refractivity contribution in [1.29, 1.82) is 0 Å². The van der Waals surface area contributed by atoms with Crippen LogP contribution in [0.4, 0.5) is 4.39 Å². The Hall–Kier alpha value is -1.39. The summed E-state index contributed by atoms with van der Waals surface area (Å²) in [6.45, 7) is 1.66. The Labute approximate surface area is 126 Å². The molecule has 20 heavy (non-hydrogen) atoms. The van der Waals surface area contributed by atoms with Gasteiger partial charge >= 0.3 is 0 Å². The van der Waals surface area contributed by atoms with Gasteiger partial charge in [0.1, 0.15) is 11.6 Å². The third-order valence-electron chi connectivity index (χ3n) is 3.20. The molecule has 0 aliphatic heterocycles. The van der Waals surface area contributed by atoms with E-state index in [1.54, 1.807) is 6.92 Å². The van der Waals surface area contributed by atoms with E-state index in [1.807, 2.05) is 24.3 Å². The van der Waals surface area contributed by atoms with E-state index in [1.165, 1.54) is 25.3 Å². The minimum Gasteiger partial charge on any atom is -0.496 e. The highest BCUT2D eigenvalue weighted by atomic mass is 79.9. The Kier molecular flexibility index (Phi) is 4.45. The van der Waals surface area contributed by atoms with Crippen LogP contribution in [0.15, 0.2) is 46.9 Å². The smallest absolute Gasteiger partial charge is 0.125 e. The van der Waals surface area contributed by atoms with E-state index in [9.17, 15) is 9.50 Å². The summed E-state index contributed by atoms with van der Waals surface area (Å²) in [6.07, 6.45) is 0.375. The van der Waals surface area contributed by atoms with Crippen molar-refractivity contribution in [3.8, 4) is 5.75 Å². The molecule has 1 atom stereocenters. The fourth-order valence-electron chi connectivity index (χ4n) is 2.20. The second-order valence-corrected chi connectivity index (χ2v) is 5.84. The number of aliphatic hydroxyl groups is 1. The van der Waals surface area contributed by atoms with Crippen LogP contribution in [0.5, 0.6) is 5.75 Å². The molecule has 2 aromatic rings. The van der Waals surface area contributed by atoms with Crippen molar-refractivity contribution in [1.82, 2.24) is 0 Å². The molecular formula is C16H16BrFO2. The summed E-state index contributed by atoms with van der Waals surface area (Å²) in [7, 11) is 1.51. The molecule has 0 saturated carbocycles. The second-order valence-electron chi connectivity index (χ2n) is 4.92. The average Bonchev–Trinajstić information content (AvgIpc) is 2.41. The number of methoxy groups -OCH3 is 1. The largest absolute Gasteiger partial charge is 0.496 e. The molecular weight excluding hydrogens is 323 g/mol. The number of benzene rings is 2. The molecule has 0 saturated heterocycles. The number of hydrogen-bond acceptors (Lipinski definition) is 2. The molecule has 2 nitrogen and oxygen atoms in total. The van der Waals surface area contributed by atoms with Crippen LogP contribution in [0, 0.1) is 5.82 Å². The van der Waals surface area contributed by atoms with Gasteiger partial charge in [0, 0.05) is 16.5 Å². The van der Waals surface area contributed by atoms with E-state index in [0.717, 1.165) is 10.0 Å². The van der Waals surface area contributed by atoms with Crippen LogP contribution in [0.1, 0.15) is 18.1 Å². The first kappa shape index (κ1) is 15.0. The Morgan fingerprint density at radius 2 is 1.85 bits per heavy atom. The van der Waals surface area contributed by atoms with E-state index < -0.39 is 11.4 Å². The molecule has 0 aliphatic carbocycles. The monoisotopic (exact) mass is 338 g/mol. The van der Waals surface area contributed by atoms with Gasteiger partial charge in [-0.3, -0.25) is 0 Å². The summed E-state index contributed by atoms with van der Waals surface area (Å²) in [5.41, 5.74) is 0.203. The van der Waals surface area contributed by atoms with E-state index in [2.05, 4.69) is 15.9 Å². The maximum Gasteiger partial charge on any atom is 0.125 e. The maximum absolute atomic E-state index is 13.4. The first-order valence-electron chi connectivity index (χ1n) is 6.23. The van der Waals surface area contributed by atoms with E-state index in [0.29, 0.717) is 17.7 Å². The van der Waals surface area contributed by atoms with E-state index in [4.69, 9.17) is 4.74 Å². The van der Waals surface area contributed by atoms with Gasteiger partial charge in [-0.15, -0.1) is 0 Å². The van der Waals surface area contributed by atoms with Crippen LogP contribution in [0.25, 0.3) is 0 Å². The normalized spacial score (nSPS) is 13.8. The highest BCUT2D eigenvalue weighted by Crippen LogP contribution is 2.33. The van der Waals surface area contributed by atoms with Crippen molar-refractivity contribution in [3.05, 3.63) is 63.9 Å². The van der Waals surface area contributed by atoms with Crippen LogP contribution in [0.3, 0.4) is 0 Å². The molecule has 0 aliphatic rings. The molecule has 106 valence electrons. The second kappa shape index (κ2) is 5.94. The van der Waals surface area contributed by atoms with Gasteiger partial charge in [-0.25, -0.2) is 4.39 Å². The minimum atomic E-state index is -1.21. The third-order valence-corrected chi connectivity index (χ3v) is 3.73. The molecule has 0 fully saturated rings. The molecule has 0 aromatic heterocycles. The SMILES string of the molecule is COc1ccc(F)cc1C(C)(O)Cc1ccc(Br)cc1. The van der Waals surface area contributed by atoms with Crippen molar-refractivity contribution in [3.63, 3.8) is 0 Å². The Bertz CT molecular complexity index is 594. The molecule has 4 heteroatoms. The Morgan fingerprint density at radius 3 is 2.45 bits per heavy atom. The topological polar surface area (TPSA) is 29.5 Å². The summed E-state index contributed by atoms with van der Waals surface area (Å²) in [4.78, 5) is 0. The van der Waals surface area contributed by atoms with E-state index in [-0.39, 0.29) is 0 Å². The molecule has 2 rings (SSSR count). The van der Waals surface area contributed by atoms with Gasteiger partial charge in [0.15, 0.2) is 0 Å². The van der Waals surface area contributed by atoms with Crippen molar-refractivity contribution in [2.45, 2.75) is 18.9 Å². The lowest BCUT2D eigenvalue weighted by molar-refractivity contribution is 0.0546. The fourth-order valence-corrected chi connectivity index (χ4v) is 2.46. The summed E-state index contributed by atoms with van der Waals surface area (Å²) >= 11 is 3.37. The van der Waals surface area contributed by atoms with Crippen LogP contribution < -0.4 is 4.74 Å². The lowest BCUT2D eigenvalue weighted by Crippen LogP contribution is -2.25. The molecule has 0 bridgehead atoms. The van der Waals surface area contributed by atoms with Gasteiger partial charge < -0.3 is 9.84 Å². The summed E-state index contributed by atoms with van der Waals surface area (Å²) in [5, 5.41) is 10.7. The number of rotatable bonds is 4. The summed E-state index contributed by atoms with van der Waals surface area (Å²) in [5.74, 6) is 0.0883. The van der Waals surface area contributed by atoms with Crippen LogP contribution in [0.2, 0.25) is 0 Å². The standard InChI is InChI=1S/C16H16BrFO2/c1-16(19,10-11-3-5-12(17)6-4-11)14-9-13(18)7-8-15(14)20-2/h3-9,19H,10H2,1-2H3. The third kappa shape index (κ3) is 3.38. The van der Waals surface area contributed by atoms with Gasteiger partial charge in [-0.2, -0.15) is 0 Å². The zero-order valence-corrected chi connectivity index (χ0v) is 12.9. The van der Waals surface area contributed by atoms with E-state index >= 15 is 0 Å². The molecule has 0 spiro atoms. The van der Waals surface area contributed by atoms with Crippen molar-refractivity contribution in [2.75, 3.05) is 7.11 Å². The lowest BCUT2D eigenvalue weighted by Gasteiger charge is -2.26. The van der Waals surface area contributed by atoms with Crippen LogP contribution in [-0.2, 0) is 12.0 Å². The van der Waals surface area contributed by atoms with Gasteiger partial charge in [-0.1, -0.05) is 28.1 Å². The molecule has 0 heterocycles. The zero-order chi connectivity index (χ0) is 14.8. The van der Waals surface area contributed by atoms with Crippen molar-refractivity contribution in [2.24, 2.45) is 0 Å². The van der Waals surface area contributed by atoms with Gasteiger partial charge in [0.2, 0.25) is 0 Å². The molecule has 2 aromatic carbocycles. The van der Waals surface area contributed by atoms with Gasteiger partial charge in [0.25, 0.3) is 0 Å². The Balaban J connectivity index is 2.34. The predicted octanol–water partition coefficient (Wildman–Crippen LogP) is 4.05. The molecule has 0 amide bonds. The van der Waals surface area contributed by atoms with Crippen LogP contribution >= 0.6 is 15.9 Å². The fraction of sp³-hybridized carbons (Fsp3) is 0.250. The first-order chi connectivity index (χ1) is 9.42. The van der Waals surface area contributed by atoms with Crippen molar-refractivity contribution >= 4 is 15.9 Å². The van der Waals surface area contributed by atoms with Gasteiger partial charge in [0.05, 0.1) is 12.7 Å². The maximum atomic E-state index is 13.4. The highest BCUT2D eigenvalue weighted by Gasteiger charge is 2.27. The molecule has 1 unspecified atom stereocenters. The van der Waals surface area contributed by atoms with Crippen molar-refractivity contribution < 1.29 is 14.2 Å². The minimum absolute atomic E-state index is 0.375. The molecule has 1 N–H and O–H groups in total. The molecule has 0 radical (unpaired) electrons. The van der Waals surface area contributed by atoms with Gasteiger partial charge in [-0.05, 0) is 42.8 Å². The summed E-state index contributed by atoms with van der Waals surface area (Å²) < 4.78 is 19.6. The quantitative estimate of drug-likeness (QED) is 0.911. The number of ether oxygens (including phenoxy) is 1. The highest BCUT2D eigenvalue weighted by molar-refractivity contribution is 9.10. The van der Waals surface area contributed by atoms with Crippen LogP contribution in [-0.4, -0.2) is 12.2 Å². The zero-order valence-electron chi connectivity index (χ0n) is 11.4. The lowest BCUT2D eigenvalue weighted by atomic mass is 9.88.